The molecule has 1 aromatic carbocycles. The molecule has 0 bridgehead atoms. The molecule has 0 atom stereocenters. The minimum Gasteiger partial charge on any atom is -0.496 e. The first-order valence-electron chi connectivity index (χ1n) is 8.66. The third-order valence-electron chi connectivity index (χ3n) is 4.76. The van der Waals surface area contributed by atoms with Crippen molar-refractivity contribution in [1.29, 1.82) is 0 Å². The Labute approximate surface area is 154 Å². The highest BCUT2D eigenvalue weighted by Gasteiger charge is 2.36. The smallest absolute Gasteiger partial charge is 0.276 e. The fourth-order valence-corrected chi connectivity index (χ4v) is 3.88. The number of rotatable bonds is 5. The number of amides is 1. The van der Waals surface area contributed by atoms with Gasteiger partial charge in [0.05, 0.1) is 13.7 Å². The molecule has 1 saturated heterocycles. The van der Waals surface area contributed by atoms with Gasteiger partial charge in [-0.1, -0.05) is 25.3 Å². The highest BCUT2D eigenvalue weighted by molar-refractivity contribution is 7.80. The van der Waals surface area contributed by atoms with E-state index >= 15 is 0 Å². The van der Waals surface area contributed by atoms with Gasteiger partial charge < -0.3 is 14.8 Å². The van der Waals surface area contributed by atoms with E-state index in [1.54, 1.807) is 19.1 Å². The fourth-order valence-electron chi connectivity index (χ4n) is 3.54. The number of carbonyl (C=O) groups is 1. The topological polar surface area (TPSA) is 50.8 Å². The largest absolute Gasteiger partial charge is 0.496 e. The Morgan fingerprint density at radius 1 is 1.28 bits per heavy atom. The maximum absolute atomic E-state index is 12.8. The average Bonchev–Trinajstić information content (AvgIpc) is 2.90. The average molecular weight is 360 g/mol. The molecule has 1 aromatic rings. The molecule has 1 aliphatic carbocycles. The van der Waals surface area contributed by atoms with E-state index in [0.717, 1.165) is 42.6 Å². The van der Waals surface area contributed by atoms with E-state index in [-0.39, 0.29) is 11.9 Å². The third kappa shape index (κ3) is 3.85. The van der Waals surface area contributed by atoms with Crippen molar-refractivity contribution in [3.8, 4) is 5.75 Å². The molecule has 2 fully saturated rings. The van der Waals surface area contributed by atoms with Crippen LogP contribution in [0.1, 0.15) is 43.2 Å². The number of hydrogen-bond donors (Lipinski definition) is 1. The molecule has 1 N–H and O–H groups in total. The normalized spacial score (nSPS) is 20.2. The van der Waals surface area contributed by atoms with Gasteiger partial charge in [0, 0.05) is 18.7 Å². The molecule has 3 rings (SSSR count). The van der Waals surface area contributed by atoms with Crippen molar-refractivity contribution in [3.05, 3.63) is 35.0 Å². The van der Waals surface area contributed by atoms with Gasteiger partial charge in [-0.2, -0.15) is 0 Å². The third-order valence-corrected chi connectivity index (χ3v) is 5.06. The van der Waals surface area contributed by atoms with Gasteiger partial charge in [0.2, 0.25) is 0 Å². The number of nitrogens with zero attached hydrogens (tertiary/aromatic N) is 1. The Balaban J connectivity index is 1.83. The molecule has 2 aliphatic rings. The summed E-state index contributed by atoms with van der Waals surface area (Å²) in [6.07, 6.45) is 7.47. The van der Waals surface area contributed by atoms with Crippen LogP contribution in [0.2, 0.25) is 0 Å². The van der Waals surface area contributed by atoms with Crippen LogP contribution in [0, 0.1) is 0 Å². The molecule has 1 aliphatic heterocycles. The molecule has 1 amide bonds. The lowest BCUT2D eigenvalue weighted by atomic mass is 9.94. The Hall–Kier alpha value is -1.92. The standard InChI is InChI=1S/C19H24N2O3S/c1-23-12-14-10-13(8-9-17(14)24-2)11-16-18(22)21(19(25)20-16)15-6-4-3-5-7-15/h8-11,15H,3-7,12H2,1-2H3,(H,20,25)/b16-11+. The van der Waals surface area contributed by atoms with E-state index in [2.05, 4.69) is 5.32 Å². The maximum atomic E-state index is 12.8. The van der Waals surface area contributed by atoms with E-state index in [0.29, 0.717) is 17.4 Å². The lowest BCUT2D eigenvalue weighted by Crippen LogP contribution is -2.41. The van der Waals surface area contributed by atoms with Crippen LogP contribution in [-0.2, 0) is 16.1 Å². The number of methoxy groups -OCH3 is 2. The van der Waals surface area contributed by atoms with Crippen molar-refractivity contribution in [2.24, 2.45) is 0 Å². The Morgan fingerprint density at radius 3 is 2.72 bits per heavy atom. The predicted octanol–water partition coefficient (Wildman–Crippen LogP) is 3.23. The minimum absolute atomic E-state index is 0.0268. The van der Waals surface area contributed by atoms with Crippen LogP contribution < -0.4 is 10.1 Å². The van der Waals surface area contributed by atoms with E-state index in [1.165, 1.54) is 6.42 Å². The molecular formula is C19H24N2O3S. The van der Waals surface area contributed by atoms with Gasteiger partial charge in [0.1, 0.15) is 11.4 Å². The summed E-state index contributed by atoms with van der Waals surface area (Å²) >= 11 is 5.41. The Bertz CT molecular complexity index is 696. The van der Waals surface area contributed by atoms with Crippen LogP contribution >= 0.6 is 12.2 Å². The number of benzene rings is 1. The van der Waals surface area contributed by atoms with Crippen LogP contribution in [0.5, 0.6) is 5.75 Å². The van der Waals surface area contributed by atoms with Gasteiger partial charge in [0.15, 0.2) is 5.11 Å². The molecule has 1 saturated carbocycles. The number of nitrogens with one attached hydrogen (secondary N) is 1. The monoisotopic (exact) mass is 360 g/mol. The maximum Gasteiger partial charge on any atom is 0.276 e. The lowest BCUT2D eigenvalue weighted by Gasteiger charge is -2.29. The quantitative estimate of drug-likeness (QED) is 0.645. The second-order valence-corrected chi connectivity index (χ2v) is 6.85. The molecule has 0 spiro atoms. The van der Waals surface area contributed by atoms with Gasteiger partial charge >= 0.3 is 0 Å². The van der Waals surface area contributed by atoms with Crippen molar-refractivity contribution in [3.63, 3.8) is 0 Å². The van der Waals surface area contributed by atoms with Crippen LogP contribution in [-0.4, -0.2) is 36.2 Å². The van der Waals surface area contributed by atoms with Crippen LogP contribution in [0.25, 0.3) is 6.08 Å². The predicted molar refractivity (Wildman–Crippen MR) is 101 cm³/mol. The first kappa shape index (κ1) is 17.9. The molecule has 0 aromatic heterocycles. The first-order valence-corrected chi connectivity index (χ1v) is 9.07. The van der Waals surface area contributed by atoms with Gasteiger partial charge in [-0.15, -0.1) is 0 Å². The van der Waals surface area contributed by atoms with E-state index in [9.17, 15) is 4.79 Å². The molecule has 5 nitrogen and oxygen atoms in total. The summed E-state index contributed by atoms with van der Waals surface area (Å²) in [5.41, 5.74) is 2.39. The second-order valence-electron chi connectivity index (χ2n) is 6.46. The van der Waals surface area contributed by atoms with Crippen LogP contribution in [0.4, 0.5) is 0 Å². The molecular weight excluding hydrogens is 336 g/mol. The van der Waals surface area contributed by atoms with E-state index in [1.807, 2.05) is 24.3 Å². The highest BCUT2D eigenvalue weighted by atomic mass is 32.1. The SMILES string of the molecule is COCc1cc(/C=C2/NC(=S)N(C3CCCCC3)C2=O)ccc1OC. The summed E-state index contributed by atoms with van der Waals surface area (Å²) in [6.45, 7) is 0.453. The summed E-state index contributed by atoms with van der Waals surface area (Å²) in [5, 5.41) is 3.61. The molecule has 25 heavy (non-hydrogen) atoms. The summed E-state index contributed by atoms with van der Waals surface area (Å²) < 4.78 is 10.6. The van der Waals surface area contributed by atoms with Crippen molar-refractivity contribution < 1.29 is 14.3 Å². The molecule has 0 radical (unpaired) electrons. The molecule has 6 heteroatoms. The van der Waals surface area contributed by atoms with E-state index in [4.69, 9.17) is 21.7 Å². The van der Waals surface area contributed by atoms with Crippen LogP contribution in [0.3, 0.4) is 0 Å². The Kier molecular flexibility index (Phi) is 5.71. The highest BCUT2D eigenvalue weighted by Crippen LogP contribution is 2.27. The van der Waals surface area contributed by atoms with Crippen molar-refractivity contribution >= 4 is 29.3 Å². The van der Waals surface area contributed by atoms with Gasteiger partial charge in [-0.3, -0.25) is 9.69 Å². The van der Waals surface area contributed by atoms with E-state index < -0.39 is 0 Å². The Morgan fingerprint density at radius 2 is 2.04 bits per heavy atom. The molecule has 0 unspecified atom stereocenters. The summed E-state index contributed by atoms with van der Waals surface area (Å²) in [5.74, 6) is 0.745. The summed E-state index contributed by atoms with van der Waals surface area (Å²) in [6, 6.07) is 6.01. The summed E-state index contributed by atoms with van der Waals surface area (Å²) in [4.78, 5) is 14.6. The first-order chi connectivity index (χ1) is 12.1. The number of thiocarbonyl (C=S) groups is 1. The zero-order valence-corrected chi connectivity index (χ0v) is 15.5. The zero-order valence-electron chi connectivity index (χ0n) is 14.7. The summed E-state index contributed by atoms with van der Waals surface area (Å²) in [7, 11) is 3.28. The van der Waals surface area contributed by atoms with Crippen molar-refractivity contribution in [1.82, 2.24) is 10.2 Å². The molecule has 1 heterocycles. The zero-order chi connectivity index (χ0) is 17.8. The van der Waals surface area contributed by atoms with Crippen molar-refractivity contribution in [2.45, 2.75) is 44.8 Å². The number of hydrogen-bond acceptors (Lipinski definition) is 4. The lowest BCUT2D eigenvalue weighted by molar-refractivity contribution is -0.124. The van der Waals surface area contributed by atoms with Gasteiger partial charge in [0.25, 0.3) is 5.91 Å². The second kappa shape index (κ2) is 7.97. The molecule has 134 valence electrons. The minimum atomic E-state index is -0.0268. The van der Waals surface area contributed by atoms with Gasteiger partial charge in [-0.05, 0) is 48.8 Å². The van der Waals surface area contributed by atoms with Gasteiger partial charge in [-0.25, -0.2) is 0 Å². The van der Waals surface area contributed by atoms with Crippen LogP contribution in [0.15, 0.2) is 23.9 Å². The fraction of sp³-hybridized carbons (Fsp3) is 0.474. The number of carbonyl (C=O) groups excluding carboxylic acids is 1. The van der Waals surface area contributed by atoms with Crippen molar-refractivity contribution in [2.75, 3.05) is 14.2 Å². The number of ether oxygens (including phenoxy) is 2.